The van der Waals surface area contributed by atoms with E-state index in [0.717, 1.165) is 12.8 Å². The molecule has 54 heavy (non-hydrogen) atoms. The molecule has 2 saturated carbocycles. The van der Waals surface area contributed by atoms with E-state index in [9.17, 15) is 32.0 Å². The van der Waals surface area contributed by atoms with E-state index in [-0.39, 0.29) is 42.9 Å². The largest absolute Gasteiger partial charge is 0.471 e. The maximum absolute atomic E-state index is 14.5. The molecule has 1 saturated heterocycles. The highest BCUT2D eigenvalue weighted by atomic mass is 32.2. The highest BCUT2D eigenvalue weighted by molar-refractivity contribution is 7.91. The molecule has 1 aromatic carbocycles. The molecule has 3 aromatic rings. The fourth-order valence-corrected chi connectivity index (χ4v) is 8.49. The van der Waals surface area contributed by atoms with Gasteiger partial charge >= 0.3 is 0 Å². The van der Waals surface area contributed by atoms with Crippen LogP contribution in [0.3, 0.4) is 0 Å². The summed E-state index contributed by atoms with van der Waals surface area (Å²) < 4.78 is 53.0. The number of amides is 4. The number of carbonyl (C=O) groups is 4. The van der Waals surface area contributed by atoms with Gasteiger partial charge in [-0.25, -0.2) is 22.8 Å². The number of nitrogens with one attached hydrogen (secondary N) is 3. The van der Waals surface area contributed by atoms with Crippen molar-refractivity contribution in [3.8, 4) is 5.88 Å². The number of hydrogen-bond acceptors (Lipinski definition) is 11. The average Bonchev–Trinajstić information content (AvgIpc) is 3.93. The minimum absolute atomic E-state index is 0.000553. The van der Waals surface area contributed by atoms with E-state index >= 15 is 0 Å². The first-order valence-electron chi connectivity index (χ1n) is 18.4. The number of nitrogens with zero attached hydrogens (tertiary/aromatic N) is 4. The number of rotatable bonds is 8. The topological polar surface area (TPSA) is 203 Å². The van der Waals surface area contributed by atoms with Gasteiger partial charge in [-0.05, 0) is 70.9 Å². The number of fused-ring (bicyclic) bond motifs is 3. The minimum Gasteiger partial charge on any atom is -0.471 e. The Hall–Kier alpha value is -4.93. The lowest BCUT2D eigenvalue weighted by Crippen LogP contribution is -2.58. The second-order valence-corrected chi connectivity index (χ2v) is 17.2. The third-order valence-electron chi connectivity index (χ3n) is 10.9. The molecular weight excluding hydrogens is 722 g/mol. The first-order valence-corrected chi connectivity index (χ1v) is 19.9. The number of aromatic nitrogens is 3. The molecule has 5 atom stereocenters. The highest BCUT2D eigenvalue weighted by Crippen LogP contribution is 2.47. The van der Waals surface area contributed by atoms with Crippen LogP contribution in [0.5, 0.6) is 5.88 Å². The van der Waals surface area contributed by atoms with Crippen LogP contribution in [0.2, 0.25) is 0 Å². The van der Waals surface area contributed by atoms with Crippen LogP contribution < -0.4 is 20.1 Å². The Labute approximate surface area is 311 Å². The summed E-state index contributed by atoms with van der Waals surface area (Å²) in [4.78, 5) is 66.4. The molecule has 2 aromatic heterocycles. The third kappa shape index (κ3) is 7.42. The molecule has 3 fully saturated rings. The maximum atomic E-state index is 14.5. The van der Waals surface area contributed by atoms with Gasteiger partial charge in [0.1, 0.15) is 41.0 Å². The van der Waals surface area contributed by atoms with Gasteiger partial charge < -0.3 is 24.8 Å². The van der Waals surface area contributed by atoms with Gasteiger partial charge in [-0.3, -0.25) is 23.9 Å². The SMILES string of the molecule is CCc1nc2ccc(F)cc2nc1O[C@@H]1C[C@H]2C(=O)N[C@]3(C(=O)NS(=O)(=O)C4(C)CC4)C[C@H]3/C=C\CCCCC[C@H](NC(=O)c3cc(C)on3)C(=O)N2C1. The number of carbonyl (C=O) groups excluding carboxylic acids is 4. The lowest BCUT2D eigenvalue weighted by molar-refractivity contribution is -0.141. The number of allylic oxidation sites excluding steroid dienone is 1. The molecule has 4 aliphatic rings. The highest BCUT2D eigenvalue weighted by Gasteiger charge is 2.63. The summed E-state index contributed by atoms with van der Waals surface area (Å²) in [5.41, 5.74) is -0.313. The average molecular weight is 766 g/mol. The van der Waals surface area contributed by atoms with Crippen LogP contribution in [0.1, 0.15) is 93.6 Å². The summed E-state index contributed by atoms with van der Waals surface area (Å²) in [7, 11) is -4.01. The van der Waals surface area contributed by atoms with Gasteiger partial charge in [-0.1, -0.05) is 37.1 Å². The molecular formula is C37H44FN7O8S. The molecule has 2 aliphatic heterocycles. The van der Waals surface area contributed by atoms with Crippen molar-refractivity contribution in [1.29, 1.82) is 0 Å². The fourth-order valence-electron chi connectivity index (χ4n) is 7.18. The number of benzene rings is 1. The van der Waals surface area contributed by atoms with E-state index in [0.29, 0.717) is 49.1 Å². The number of halogens is 1. The van der Waals surface area contributed by atoms with Crippen LogP contribution in [0.4, 0.5) is 4.39 Å². The van der Waals surface area contributed by atoms with Crippen molar-refractivity contribution >= 4 is 44.7 Å². The van der Waals surface area contributed by atoms with Gasteiger partial charge in [0.2, 0.25) is 27.7 Å². The molecule has 0 radical (unpaired) electrons. The van der Waals surface area contributed by atoms with Crippen molar-refractivity contribution in [2.75, 3.05) is 6.54 Å². The van der Waals surface area contributed by atoms with Crippen molar-refractivity contribution in [3.63, 3.8) is 0 Å². The quantitative estimate of drug-likeness (QED) is 0.284. The molecule has 0 spiro atoms. The Morgan fingerprint density at radius 3 is 2.65 bits per heavy atom. The Morgan fingerprint density at radius 1 is 1.13 bits per heavy atom. The van der Waals surface area contributed by atoms with E-state index in [1.807, 2.05) is 19.1 Å². The number of aryl methyl sites for hydroxylation is 2. The second-order valence-electron chi connectivity index (χ2n) is 15.0. The Bertz CT molecular complexity index is 2140. The number of sulfonamides is 1. The molecule has 0 unspecified atom stereocenters. The molecule has 4 heterocycles. The molecule has 0 bridgehead atoms. The van der Waals surface area contributed by atoms with Crippen LogP contribution in [0.15, 0.2) is 40.9 Å². The van der Waals surface area contributed by atoms with Gasteiger partial charge in [0.15, 0.2) is 5.69 Å². The van der Waals surface area contributed by atoms with Gasteiger partial charge in [0.05, 0.1) is 22.3 Å². The molecule has 3 N–H and O–H groups in total. The van der Waals surface area contributed by atoms with Crippen LogP contribution in [0.25, 0.3) is 11.0 Å². The number of hydrogen-bond donors (Lipinski definition) is 3. The summed E-state index contributed by atoms with van der Waals surface area (Å²) in [5.74, 6) is -3.09. The summed E-state index contributed by atoms with van der Waals surface area (Å²) in [6.45, 7) is 4.98. The predicted molar refractivity (Wildman–Crippen MR) is 192 cm³/mol. The molecule has 15 nitrogen and oxygen atoms in total. The molecule has 4 amide bonds. The first-order chi connectivity index (χ1) is 25.7. The van der Waals surface area contributed by atoms with Gasteiger partial charge in [0.25, 0.3) is 11.8 Å². The van der Waals surface area contributed by atoms with Crippen LogP contribution >= 0.6 is 0 Å². The lowest BCUT2D eigenvalue weighted by atomic mass is 10.0. The van der Waals surface area contributed by atoms with E-state index in [4.69, 9.17) is 9.26 Å². The molecule has 2 aliphatic carbocycles. The van der Waals surface area contributed by atoms with Crippen molar-refractivity contribution in [3.05, 3.63) is 59.4 Å². The van der Waals surface area contributed by atoms with Crippen LogP contribution in [0, 0.1) is 18.7 Å². The fraction of sp³-hybridized carbons (Fsp3) is 0.541. The predicted octanol–water partition coefficient (Wildman–Crippen LogP) is 3.17. The van der Waals surface area contributed by atoms with E-state index < -0.39 is 73.9 Å². The monoisotopic (exact) mass is 765 g/mol. The van der Waals surface area contributed by atoms with Gasteiger partial charge in [-0.2, -0.15) is 0 Å². The summed E-state index contributed by atoms with van der Waals surface area (Å²) in [6.07, 6.45) is 7.40. The van der Waals surface area contributed by atoms with E-state index in [2.05, 4.69) is 30.5 Å². The van der Waals surface area contributed by atoms with Gasteiger partial charge in [-0.15, -0.1) is 0 Å². The van der Waals surface area contributed by atoms with Gasteiger partial charge in [0, 0.05) is 24.5 Å². The lowest BCUT2D eigenvalue weighted by Gasteiger charge is -2.30. The van der Waals surface area contributed by atoms with Crippen LogP contribution in [-0.2, 0) is 30.8 Å². The molecule has 17 heteroatoms. The zero-order valence-corrected chi connectivity index (χ0v) is 31.2. The Morgan fingerprint density at radius 2 is 1.93 bits per heavy atom. The smallest absolute Gasteiger partial charge is 0.274 e. The van der Waals surface area contributed by atoms with E-state index in [1.54, 1.807) is 13.8 Å². The Balaban J connectivity index is 1.21. The maximum Gasteiger partial charge on any atom is 0.274 e. The zero-order chi connectivity index (χ0) is 38.4. The third-order valence-corrected chi connectivity index (χ3v) is 13.1. The summed E-state index contributed by atoms with van der Waals surface area (Å²) in [6, 6.07) is 3.28. The minimum atomic E-state index is -4.01. The van der Waals surface area contributed by atoms with Crippen molar-refractivity contribution < 1.29 is 41.2 Å². The first kappa shape index (κ1) is 37.4. The van der Waals surface area contributed by atoms with Crippen LogP contribution in [-0.4, -0.2) is 87.1 Å². The summed E-state index contributed by atoms with van der Waals surface area (Å²) >= 11 is 0. The Kier molecular flexibility index (Phi) is 9.95. The van der Waals surface area contributed by atoms with Crippen molar-refractivity contribution in [2.24, 2.45) is 5.92 Å². The number of ether oxygens (including phenoxy) is 1. The van der Waals surface area contributed by atoms with Crippen molar-refractivity contribution in [1.82, 2.24) is 35.4 Å². The van der Waals surface area contributed by atoms with Crippen molar-refractivity contribution in [2.45, 2.75) is 113 Å². The summed E-state index contributed by atoms with van der Waals surface area (Å²) in [5, 5.41) is 9.42. The second kappa shape index (κ2) is 14.4. The zero-order valence-electron chi connectivity index (χ0n) is 30.4. The van der Waals surface area contributed by atoms with E-state index in [1.165, 1.54) is 29.2 Å². The molecule has 288 valence electrons. The standard InChI is InChI=1S/C37H44FN7O8S/c1-4-25-33(41-28-17-23(38)12-13-26(28)39-25)52-24-18-30-32(47)42-37(35(49)44-54(50,51)36(3)14-15-36)19-22(37)10-8-6-5-7-9-11-27(34(48)45(30)20-24)40-31(46)29-16-21(2)53-43-29/h8,10,12-13,16-17,22,24,27,30H,4-7,9,11,14-15,18-20H2,1-3H3,(H,40,46)(H,42,47)(H,44,49)/b10-8-/t22-,24-,27+,30+,37-/m1/s1. The molecule has 7 rings (SSSR count). The normalized spacial score (nSPS) is 27.4.